The maximum absolute atomic E-state index is 11.7. The summed E-state index contributed by atoms with van der Waals surface area (Å²) in [6.07, 6.45) is 2.93. The van der Waals surface area contributed by atoms with Crippen molar-refractivity contribution in [1.82, 2.24) is 14.9 Å². The Morgan fingerprint density at radius 3 is 2.48 bits per heavy atom. The van der Waals surface area contributed by atoms with E-state index in [1.54, 1.807) is 12.3 Å². The number of anilines is 2. The van der Waals surface area contributed by atoms with Gasteiger partial charge in [-0.05, 0) is 74.1 Å². The van der Waals surface area contributed by atoms with E-state index in [0.29, 0.717) is 10.8 Å². The Morgan fingerprint density at radius 1 is 1.13 bits per heavy atom. The average Bonchev–Trinajstić information content (AvgIpc) is 3.22. The third-order valence-corrected chi connectivity index (χ3v) is 6.50. The lowest BCUT2D eigenvalue weighted by atomic mass is 10.0. The molecule has 3 aromatic rings. The summed E-state index contributed by atoms with van der Waals surface area (Å²) >= 11 is 5.76. The summed E-state index contributed by atoms with van der Waals surface area (Å²) in [5.74, 6) is 0. The van der Waals surface area contributed by atoms with Gasteiger partial charge in [0.2, 0.25) is 10.0 Å². The summed E-state index contributed by atoms with van der Waals surface area (Å²) in [6.45, 7) is 3.95. The van der Waals surface area contributed by atoms with Crippen molar-refractivity contribution in [1.29, 1.82) is 0 Å². The summed E-state index contributed by atoms with van der Waals surface area (Å²) in [5, 5.41) is 4.05. The fourth-order valence-electron chi connectivity index (χ4n) is 3.98. The SMILES string of the molecule is Cc1cc(N2C(=S)N[C@@H](c3ccccn3)[C@@H]2c2ccc(C)n2C)ccc1NS(C)(=O)=O. The predicted octanol–water partition coefficient (Wildman–Crippen LogP) is 3.59. The topological polar surface area (TPSA) is 79.3 Å². The molecule has 9 heteroatoms. The molecular weight excluding hydrogens is 430 g/mol. The second-order valence-electron chi connectivity index (χ2n) is 7.83. The molecule has 0 radical (unpaired) electrons. The number of rotatable bonds is 5. The van der Waals surface area contributed by atoms with Crippen molar-refractivity contribution in [3.8, 4) is 0 Å². The molecule has 2 N–H and O–H groups in total. The van der Waals surface area contributed by atoms with Gasteiger partial charge in [0.25, 0.3) is 0 Å². The zero-order chi connectivity index (χ0) is 22.3. The van der Waals surface area contributed by atoms with Crippen LogP contribution < -0.4 is 14.9 Å². The highest BCUT2D eigenvalue weighted by molar-refractivity contribution is 7.92. The number of hydrogen-bond donors (Lipinski definition) is 2. The van der Waals surface area contributed by atoms with Crippen LogP contribution >= 0.6 is 12.2 Å². The maximum atomic E-state index is 11.7. The Hall–Kier alpha value is -2.91. The van der Waals surface area contributed by atoms with Crippen LogP contribution in [0.15, 0.2) is 54.7 Å². The van der Waals surface area contributed by atoms with Crippen LogP contribution in [0, 0.1) is 13.8 Å². The van der Waals surface area contributed by atoms with Crippen molar-refractivity contribution < 1.29 is 8.42 Å². The van der Waals surface area contributed by atoms with Gasteiger partial charge in [0, 0.05) is 30.3 Å². The Balaban J connectivity index is 1.81. The largest absolute Gasteiger partial charge is 0.351 e. The summed E-state index contributed by atoms with van der Waals surface area (Å²) < 4.78 is 28.0. The second-order valence-corrected chi connectivity index (χ2v) is 9.96. The molecular formula is C22H25N5O2S2. The zero-order valence-corrected chi connectivity index (χ0v) is 19.5. The monoisotopic (exact) mass is 455 g/mol. The Morgan fingerprint density at radius 2 is 1.90 bits per heavy atom. The molecule has 2 atom stereocenters. The number of pyridine rings is 1. The highest BCUT2D eigenvalue weighted by Gasteiger charge is 2.42. The number of nitrogens with one attached hydrogen (secondary N) is 2. The van der Waals surface area contributed by atoms with E-state index in [2.05, 4.69) is 43.5 Å². The van der Waals surface area contributed by atoms with Crippen LogP contribution in [0.3, 0.4) is 0 Å². The van der Waals surface area contributed by atoms with Crippen LogP contribution in [-0.4, -0.2) is 29.3 Å². The number of sulfonamides is 1. The molecule has 1 aromatic carbocycles. The van der Waals surface area contributed by atoms with Gasteiger partial charge in [0.05, 0.1) is 23.7 Å². The minimum atomic E-state index is -3.36. The molecule has 0 aliphatic carbocycles. The van der Waals surface area contributed by atoms with E-state index < -0.39 is 10.0 Å². The first-order valence-corrected chi connectivity index (χ1v) is 12.2. The standard InChI is InChI=1S/C22H25N5O2S2/c1-14-13-16(9-10-17(14)25-31(4,28)29)27-21(19-11-8-15(2)26(19)3)20(24-22(27)30)18-7-5-6-12-23-18/h5-13,20-21,25H,1-4H3,(H,24,30)/t20-,21-/m0/s1. The van der Waals surface area contributed by atoms with Crippen LogP contribution in [0.2, 0.25) is 0 Å². The maximum Gasteiger partial charge on any atom is 0.229 e. The average molecular weight is 456 g/mol. The number of aryl methyl sites for hydroxylation is 2. The highest BCUT2D eigenvalue weighted by atomic mass is 32.2. The number of thiocarbonyl (C=S) groups is 1. The van der Waals surface area contributed by atoms with Gasteiger partial charge >= 0.3 is 0 Å². The highest BCUT2D eigenvalue weighted by Crippen LogP contribution is 2.42. The number of benzene rings is 1. The van der Waals surface area contributed by atoms with Gasteiger partial charge in [-0.3, -0.25) is 9.71 Å². The van der Waals surface area contributed by atoms with Crippen molar-refractivity contribution in [3.63, 3.8) is 0 Å². The van der Waals surface area contributed by atoms with Gasteiger partial charge in [-0.2, -0.15) is 0 Å². The summed E-state index contributed by atoms with van der Waals surface area (Å²) in [5.41, 5.74) is 5.42. The number of aromatic nitrogens is 2. The normalized spacial score (nSPS) is 18.8. The molecule has 0 saturated carbocycles. The van der Waals surface area contributed by atoms with Gasteiger partial charge in [0.1, 0.15) is 6.04 Å². The van der Waals surface area contributed by atoms with Crippen molar-refractivity contribution in [2.45, 2.75) is 25.9 Å². The molecule has 1 aliphatic rings. The second kappa shape index (κ2) is 7.97. The molecule has 7 nitrogen and oxygen atoms in total. The molecule has 1 saturated heterocycles. The van der Waals surface area contributed by atoms with Gasteiger partial charge < -0.3 is 14.8 Å². The molecule has 0 spiro atoms. The summed E-state index contributed by atoms with van der Waals surface area (Å²) in [6, 6.07) is 15.4. The summed E-state index contributed by atoms with van der Waals surface area (Å²) in [7, 11) is -1.31. The first kappa shape index (κ1) is 21.3. The first-order valence-electron chi connectivity index (χ1n) is 9.87. The number of hydrogen-bond acceptors (Lipinski definition) is 4. The van der Waals surface area contributed by atoms with Crippen LogP contribution in [0.4, 0.5) is 11.4 Å². The van der Waals surface area contributed by atoms with Gasteiger partial charge in [0.15, 0.2) is 5.11 Å². The van der Waals surface area contributed by atoms with Crippen LogP contribution in [-0.2, 0) is 17.1 Å². The van der Waals surface area contributed by atoms with E-state index in [4.69, 9.17) is 12.2 Å². The minimum Gasteiger partial charge on any atom is -0.351 e. The minimum absolute atomic E-state index is 0.116. The third kappa shape index (κ3) is 4.15. The molecule has 0 unspecified atom stereocenters. The van der Waals surface area contributed by atoms with Gasteiger partial charge in [-0.15, -0.1) is 0 Å². The molecule has 0 amide bonds. The van der Waals surface area contributed by atoms with E-state index in [-0.39, 0.29) is 12.1 Å². The van der Waals surface area contributed by atoms with E-state index in [0.717, 1.165) is 34.6 Å². The quantitative estimate of drug-likeness (QED) is 0.573. The Kier molecular flexibility index (Phi) is 5.49. The van der Waals surface area contributed by atoms with Crippen LogP contribution in [0.1, 0.15) is 34.7 Å². The predicted molar refractivity (Wildman–Crippen MR) is 128 cm³/mol. The lowest BCUT2D eigenvalue weighted by molar-refractivity contribution is 0.539. The van der Waals surface area contributed by atoms with Crippen LogP contribution in [0.5, 0.6) is 0 Å². The van der Waals surface area contributed by atoms with E-state index in [1.807, 2.05) is 44.3 Å². The van der Waals surface area contributed by atoms with Gasteiger partial charge in [-0.1, -0.05) is 6.07 Å². The zero-order valence-electron chi connectivity index (χ0n) is 17.8. The Bertz CT molecular complexity index is 1240. The van der Waals surface area contributed by atoms with Crippen molar-refractivity contribution in [2.24, 2.45) is 7.05 Å². The van der Waals surface area contributed by atoms with Crippen molar-refractivity contribution in [2.75, 3.05) is 15.9 Å². The molecule has 3 heterocycles. The summed E-state index contributed by atoms with van der Waals surface area (Å²) in [4.78, 5) is 6.66. The van der Waals surface area contributed by atoms with Crippen molar-refractivity contribution in [3.05, 3.63) is 77.4 Å². The Labute approximate surface area is 188 Å². The molecule has 1 fully saturated rings. The molecule has 1 aliphatic heterocycles. The third-order valence-electron chi connectivity index (χ3n) is 5.60. The molecule has 4 rings (SSSR count). The fourth-order valence-corrected chi connectivity index (χ4v) is 4.95. The lowest BCUT2D eigenvalue weighted by Gasteiger charge is -2.29. The van der Waals surface area contributed by atoms with E-state index in [1.165, 1.54) is 0 Å². The lowest BCUT2D eigenvalue weighted by Crippen LogP contribution is -2.30. The molecule has 2 aromatic heterocycles. The molecule has 31 heavy (non-hydrogen) atoms. The van der Waals surface area contributed by atoms with E-state index in [9.17, 15) is 8.42 Å². The fraction of sp³-hybridized carbons (Fsp3) is 0.273. The van der Waals surface area contributed by atoms with E-state index >= 15 is 0 Å². The molecule has 0 bridgehead atoms. The first-order chi connectivity index (χ1) is 14.7. The molecule has 162 valence electrons. The van der Waals surface area contributed by atoms with Crippen molar-refractivity contribution >= 4 is 38.7 Å². The van der Waals surface area contributed by atoms with Crippen LogP contribution in [0.25, 0.3) is 0 Å². The smallest absolute Gasteiger partial charge is 0.229 e. The number of nitrogens with zero attached hydrogens (tertiary/aromatic N) is 3. The van der Waals surface area contributed by atoms with Gasteiger partial charge in [-0.25, -0.2) is 8.42 Å².